The van der Waals surface area contributed by atoms with Crippen molar-refractivity contribution < 1.29 is 18.7 Å². The summed E-state index contributed by atoms with van der Waals surface area (Å²) in [4.78, 5) is 40.5. The van der Waals surface area contributed by atoms with E-state index in [9.17, 15) is 14.4 Å². The Morgan fingerprint density at radius 3 is 2.71 bits per heavy atom. The van der Waals surface area contributed by atoms with Gasteiger partial charge >= 0.3 is 11.7 Å². The first-order valence-electron chi connectivity index (χ1n) is 7.93. The Labute approximate surface area is 170 Å². The van der Waals surface area contributed by atoms with Crippen molar-refractivity contribution in [2.24, 2.45) is 5.11 Å². The summed E-state index contributed by atoms with van der Waals surface area (Å²) in [5.41, 5.74) is 5.44. The number of H-pyrrole nitrogens is 1. The third-order valence-electron chi connectivity index (χ3n) is 4.11. The van der Waals surface area contributed by atoms with Crippen molar-refractivity contribution in [3.63, 3.8) is 0 Å². The van der Waals surface area contributed by atoms with Gasteiger partial charge in [-0.3, -0.25) is 14.3 Å². The van der Waals surface area contributed by atoms with Crippen LogP contribution in [0, 0.1) is 0 Å². The molecule has 146 valence electrons. The molecule has 0 amide bonds. The molecular formula is C16H13FIN5O5. The summed E-state index contributed by atoms with van der Waals surface area (Å²) in [5, 5.41) is 3.41. The molecule has 0 aliphatic carbocycles. The molecule has 4 atom stereocenters. The lowest BCUT2D eigenvalue weighted by atomic mass is 10.1. The SMILES string of the molecule is [N-]=[N+]=N[C@]1(CI)OC(n2ccc(=O)[nH]c2=O)[C@H](OC(=O)c2ccccc2)[C@@H]1F. The Morgan fingerprint density at radius 2 is 2.11 bits per heavy atom. The second-order valence-corrected chi connectivity index (χ2v) is 6.59. The summed E-state index contributed by atoms with van der Waals surface area (Å²) in [5.74, 6) is -0.843. The zero-order chi connectivity index (χ0) is 20.3. The molecule has 0 radical (unpaired) electrons. The number of aromatic nitrogens is 2. The standard InChI is InChI=1S/C16H13FIN5O5/c17-12-11(27-14(25)9-4-2-1-3-5-9)13(28-16(12,8-18)21-22-19)23-7-6-10(24)20-15(23)26/h1-7,11-13H,8H2,(H,20,24,26)/t11-,12+,13?,16-/m1/s1. The van der Waals surface area contributed by atoms with Gasteiger partial charge in [0.2, 0.25) is 0 Å². The molecule has 0 bridgehead atoms. The van der Waals surface area contributed by atoms with Crippen molar-refractivity contribution in [1.29, 1.82) is 0 Å². The summed E-state index contributed by atoms with van der Waals surface area (Å²) >= 11 is 1.76. The Bertz CT molecular complexity index is 1040. The van der Waals surface area contributed by atoms with Crippen LogP contribution < -0.4 is 11.2 Å². The number of hydrogen-bond acceptors (Lipinski definition) is 6. The van der Waals surface area contributed by atoms with E-state index in [0.717, 1.165) is 16.8 Å². The van der Waals surface area contributed by atoms with Gasteiger partial charge in [0.15, 0.2) is 24.2 Å². The average Bonchev–Trinajstić information content (AvgIpc) is 2.95. The minimum absolute atomic E-state index is 0.107. The monoisotopic (exact) mass is 501 g/mol. The third-order valence-corrected chi connectivity index (χ3v) is 5.20. The summed E-state index contributed by atoms with van der Waals surface area (Å²) in [6, 6.07) is 8.89. The maximum Gasteiger partial charge on any atom is 0.338 e. The van der Waals surface area contributed by atoms with Crippen molar-refractivity contribution in [3.8, 4) is 0 Å². The van der Waals surface area contributed by atoms with Gasteiger partial charge in [0, 0.05) is 21.6 Å². The van der Waals surface area contributed by atoms with Crippen molar-refractivity contribution in [2.75, 3.05) is 4.43 Å². The molecule has 2 heterocycles. The fourth-order valence-electron chi connectivity index (χ4n) is 2.76. The van der Waals surface area contributed by atoms with Gasteiger partial charge in [0.05, 0.1) is 5.56 Å². The van der Waals surface area contributed by atoms with Crippen LogP contribution in [0.1, 0.15) is 16.6 Å². The number of alkyl halides is 2. The van der Waals surface area contributed by atoms with E-state index in [2.05, 4.69) is 10.0 Å². The van der Waals surface area contributed by atoms with Crippen LogP contribution in [0.25, 0.3) is 10.4 Å². The van der Waals surface area contributed by atoms with E-state index in [-0.39, 0.29) is 9.99 Å². The molecule has 10 nitrogen and oxygen atoms in total. The fourth-order valence-corrected chi connectivity index (χ4v) is 3.51. The number of benzene rings is 1. The Kier molecular flexibility index (Phi) is 5.82. The van der Waals surface area contributed by atoms with Gasteiger partial charge in [-0.25, -0.2) is 14.0 Å². The molecule has 1 aromatic heterocycles. The maximum absolute atomic E-state index is 15.3. The molecule has 12 heteroatoms. The first-order chi connectivity index (χ1) is 13.4. The van der Waals surface area contributed by atoms with E-state index in [1.54, 1.807) is 40.8 Å². The minimum atomic E-state index is -2.06. The van der Waals surface area contributed by atoms with Gasteiger partial charge in [-0.15, -0.1) is 0 Å². The predicted octanol–water partition coefficient (Wildman–Crippen LogP) is 2.07. The van der Waals surface area contributed by atoms with Crippen molar-refractivity contribution in [2.45, 2.75) is 24.2 Å². The molecule has 1 aliphatic rings. The highest BCUT2D eigenvalue weighted by Crippen LogP contribution is 2.42. The molecular weight excluding hydrogens is 488 g/mol. The molecule has 28 heavy (non-hydrogen) atoms. The van der Waals surface area contributed by atoms with Crippen LogP contribution in [0.4, 0.5) is 4.39 Å². The number of halogens is 2. The van der Waals surface area contributed by atoms with Crippen molar-refractivity contribution >= 4 is 28.6 Å². The lowest BCUT2D eigenvalue weighted by molar-refractivity contribution is -0.0823. The Hall–Kier alpha value is -2.70. The van der Waals surface area contributed by atoms with Gasteiger partial charge in [-0.1, -0.05) is 45.9 Å². The number of hydrogen-bond donors (Lipinski definition) is 1. The van der Waals surface area contributed by atoms with Crippen molar-refractivity contribution in [1.82, 2.24) is 9.55 Å². The number of azide groups is 1. The largest absolute Gasteiger partial charge is 0.451 e. The summed E-state index contributed by atoms with van der Waals surface area (Å²) in [6.07, 6.45) is -4.03. The lowest BCUT2D eigenvalue weighted by Crippen LogP contribution is -2.41. The van der Waals surface area contributed by atoms with E-state index in [0.29, 0.717) is 0 Å². The Balaban J connectivity index is 2.03. The number of rotatable bonds is 5. The van der Waals surface area contributed by atoms with Gasteiger partial charge in [-0.05, 0) is 17.7 Å². The predicted molar refractivity (Wildman–Crippen MR) is 103 cm³/mol. The van der Waals surface area contributed by atoms with E-state index >= 15 is 4.39 Å². The summed E-state index contributed by atoms with van der Waals surface area (Å²) in [6.45, 7) is 0. The van der Waals surface area contributed by atoms with E-state index in [4.69, 9.17) is 15.0 Å². The van der Waals surface area contributed by atoms with Gasteiger partial charge in [0.25, 0.3) is 5.56 Å². The molecule has 2 aromatic rings. The highest BCUT2D eigenvalue weighted by atomic mass is 127. The second kappa shape index (κ2) is 8.12. The smallest absolute Gasteiger partial charge is 0.338 e. The number of ether oxygens (including phenoxy) is 2. The first kappa shape index (κ1) is 20.0. The molecule has 0 saturated carbocycles. The van der Waals surface area contributed by atoms with Crippen LogP contribution in [0.15, 0.2) is 57.3 Å². The second-order valence-electron chi connectivity index (χ2n) is 5.83. The summed E-state index contributed by atoms with van der Waals surface area (Å²) < 4.78 is 26.9. The van der Waals surface area contributed by atoms with Gasteiger partial charge < -0.3 is 9.47 Å². The quantitative estimate of drug-likeness (QED) is 0.167. The molecule has 1 fully saturated rings. The van der Waals surface area contributed by atoms with Crippen LogP contribution in [0.3, 0.4) is 0 Å². The molecule has 1 saturated heterocycles. The zero-order valence-electron chi connectivity index (χ0n) is 14.1. The number of nitrogens with zero attached hydrogens (tertiary/aromatic N) is 4. The summed E-state index contributed by atoms with van der Waals surface area (Å²) in [7, 11) is 0. The number of nitrogens with one attached hydrogen (secondary N) is 1. The third kappa shape index (κ3) is 3.66. The van der Waals surface area contributed by atoms with E-state index in [1.807, 2.05) is 4.98 Å². The van der Waals surface area contributed by atoms with Crippen molar-refractivity contribution in [3.05, 3.63) is 79.4 Å². The number of carbonyl (C=O) groups is 1. The minimum Gasteiger partial charge on any atom is -0.451 e. The van der Waals surface area contributed by atoms with Crippen LogP contribution in [-0.4, -0.2) is 37.9 Å². The van der Waals surface area contributed by atoms with Gasteiger partial charge in [0.1, 0.15) is 0 Å². The number of aromatic amines is 1. The first-order valence-corrected chi connectivity index (χ1v) is 9.46. The maximum atomic E-state index is 15.3. The number of carbonyl (C=O) groups excluding carboxylic acids is 1. The molecule has 0 spiro atoms. The Morgan fingerprint density at radius 1 is 1.39 bits per heavy atom. The van der Waals surface area contributed by atoms with Crippen LogP contribution in [0.5, 0.6) is 0 Å². The topological polar surface area (TPSA) is 139 Å². The highest BCUT2D eigenvalue weighted by Gasteiger charge is 2.58. The van der Waals surface area contributed by atoms with Crippen LogP contribution >= 0.6 is 22.6 Å². The van der Waals surface area contributed by atoms with Crippen LogP contribution in [0.2, 0.25) is 0 Å². The van der Waals surface area contributed by atoms with E-state index < -0.39 is 41.4 Å². The number of esters is 1. The molecule has 1 aromatic carbocycles. The lowest BCUT2D eigenvalue weighted by Gasteiger charge is -2.22. The normalized spacial score (nSPS) is 26.4. The van der Waals surface area contributed by atoms with E-state index in [1.165, 1.54) is 12.1 Å². The molecule has 1 N–H and O–H groups in total. The molecule has 3 rings (SSSR count). The molecule has 1 unspecified atom stereocenters. The average molecular weight is 501 g/mol. The van der Waals surface area contributed by atoms with Crippen LogP contribution in [-0.2, 0) is 9.47 Å². The molecule has 1 aliphatic heterocycles. The highest BCUT2D eigenvalue weighted by molar-refractivity contribution is 14.1. The fraction of sp³-hybridized carbons (Fsp3) is 0.312. The zero-order valence-corrected chi connectivity index (χ0v) is 16.2. The van der Waals surface area contributed by atoms with Gasteiger partial charge in [-0.2, -0.15) is 0 Å².